The molecule has 2 aromatic rings. The van der Waals surface area contributed by atoms with E-state index in [1.807, 2.05) is 11.1 Å². The Labute approximate surface area is 172 Å². The van der Waals surface area contributed by atoms with E-state index < -0.39 is 0 Å². The summed E-state index contributed by atoms with van der Waals surface area (Å²) >= 11 is 1.28. The number of phenolic OH excluding ortho intramolecular Hbond substituents is 1. The van der Waals surface area contributed by atoms with Crippen molar-refractivity contribution >= 4 is 28.4 Å². The first-order chi connectivity index (χ1) is 12.4. The molecule has 3 rings (SSSR count). The van der Waals surface area contributed by atoms with Gasteiger partial charge < -0.3 is 20.5 Å². The van der Waals surface area contributed by atoms with Gasteiger partial charge in [0.2, 0.25) is 5.03 Å². The number of aromatic hydroxyl groups is 1. The molecule has 1 saturated heterocycles. The van der Waals surface area contributed by atoms with Gasteiger partial charge in [-0.3, -0.25) is 5.84 Å². The van der Waals surface area contributed by atoms with Crippen molar-refractivity contribution in [1.82, 2.24) is 9.99 Å². The van der Waals surface area contributed by atoms with Crippen molar-refractivity contribution in [3.63, 3.8) is 0 Å². The van der Waals surface area contributed by atoms with Crippen molar-refractivity contribution in [2.75, 3.05) is 31.1 Å². The number of hydrogen-bond donors (Lipinski definition) is 3. The molecule has 0 radical (unpaired) electrons. The van der Waals surface area contributed by atoms with Crippen LogP contribution in [0, 0.1) is 5.41 Å². The molecule has 0 amide bonds. The summed E-state index contributed by atoms with van der Waals surface area (Å²) in [7, 11) is 0. The second kappa shape index (κ2) is 8.14. The number of H-pyrrole nitrogens is 1. The first-order valence-corrected chi connectivity index (χ1v) is 10.7. The highest BCUT2D eigenvalue weighted by molar-refractivity contribution is 7.80. The summed E-state index contributed by atoms with van der Waals surface area (Å²) in [4.78, 5) is 5.96. The molecule has 0 unspecified atom stereocenters. The van der Waals surface area contributed by atoms with Gasteiger partial charge in [0.05, 0.1) is 5.52 Å². The average Bonchev–Trinajstić information content (AvgIpc) is 2.82. The van der Waals surface area contributed by atoms with Gasteiger partial charge >= 0.3 is 0 Å². The molecule has 28 heavy (non-hydrogen) atoms. The number of fused-ring (bicyclic) bond motifs is 1. The minimum atomic E-state index is 0. The highest BCUT2D eigenvalue weighted by atomic mass is 32.2. The Bertz CT molecular complexity index is 812. The van der Waals surface area contributed by atoms with Gasteiger partial charge in [0.15, 0.2) is 0 Å². The predicted molar refractivity (Wildman–Crippen MR) is 120 cm³/mol. The van der Waals surface area contributed by atoms with E-state index in [4.69, 9.17) is 5.84 Å². The van der Waals surface area contributed by atoms with E-state index in [1.54, 1.807) is 0 Å². The maximum Gasteiger partial charge on any atom is 0.227 e. The van der Waals surface area contributed by atoms with Crippen molar-refractivity contribution in [2.24, 2.45) is 11.3 Å². The van der Waals surface area contributed by atoms with Gasteiger partial charge in [0.1, 0.15) is 16.2 Å². The second-order valence-electron chi connectivity index (χ2n) is 9.85. The van der Waals surface area contributed by atoms with E-state index in [9.17, 15) is 5.11 Å². The van der Waals surface area contributed by atoms with Crippen molar-refractivity contribution in [2.45, 2.75) is 57.7 Å². The van der Waals surface area contributed by atoms with Crippen LogP contribution in [0.25, 0.3) is 10.9 Å². The minimum Gasteiger partial charge on any atom is -0.870 e. The van der Waals surface area contributed by atoms with Crippen LogP contribution in [0.15, 0.2) is 17.2 Å². The maximum absolute atomic E-state index is 10.7. The van der Waals surface area contributed by atoms with Gasteiger partial charge in [0, 0.05) is 48.9 Å². The molecule has 1 aliphatic heterocycles. The first-order valence-electron chi connectivity index (χ1n) is 9.79. The molecule has 5 N–H and O–H groups in total. The number of piperazine rings is 1. The molecule has 7 heteroatoms. The molecule has 6 nitrogen and oxygen atoms in total. The molecule has 1 fully saturated rings. The molecule has 0 bridgehead atoms. The topological polar surface area (TPSA) is 98.5 Å². The largest absolute Gasteiger partial charge is 0.870 e. The summed E-state index contributed by atoms with van der Waals surface area (Å²) in [6, 6.07) is 3.93. The monoisotopic (exact) mass is 408 g/mol. The van der Waals surface area contributed by atoms with E-state index >= 15 is 0 Å². The lowest BCUT2D eigenvalue weighted by molar-refractivity contribution is 0.265. The highest BCUT2D eigenvalue weighted by Gasteiger charge is 2.31. The standard InChI is InChI=1S/C21H34N4OS.H2O/c1-20(2,3)13-15-14-7-8-16(26)18(24-9-11-25(22)12-10-24)17(14)23-19(15)27-21(4,5)6;/h7-8,23,26H,9-13,22H2,1-6H3;1H2. The third-order valence-electron chi connectivity index (χ3n) is 4.80. The van der Waals surface area contributed by atoms with E-state index in [1.165, 1.54) is 27.7 Å². The van der Waals surface area contributed by atoms with Crippen LogP contribution >= 0.6 is 0 Å². The Hall–Kier alpha value is -1.41. The number of rotatable bonds is 3. The average molecular weight is 409 g/mol. The molecule has 1 aromatic heterocycles. The maximum atomic E-state index is 10.7. The van der Waals surface area contributed by atoms with E-state index in [0.29, 0.717) is 5.75 Å². The van der Waals surface area contributed by atoms with Gasteiger partial charge in [-0.15, -0.1) is 0 Å². The summed E-state index contributed by atoms with van der Waals surface area (Å²) in [5.74, 6) is 6.27. The summed E-state index contributed by atoms with van der Waals surface area (Å²) in [5, 5.41) is 15.0. The summed E-state index contributed by atoms with van der Waals surface area (Å²) in [5.41, 5.74) is 3.56. The van der Waals surface area contributed by atoms with Crippen LogP contribution < -0.4 is 10.7 Å². The van der Waals surface area contributed by atoms with Crippen LogP contribution in [0.1, 0.15) is 47.1 Å². The number of benzene rings is 1. The van der Waals surface area contributed by atoms with E-state index in [2.05, 4.69) is 57.5 Å². The third-order valence-corrected chi connectivity index (χ3v) is 6.07. The van der Waals surface area contributed by atoms with Crippen molar-refractivity contribution < 1.29 is 10.6 Å². The number of aromatic amines is 1. The van der Waals surface area contributed by atoms with Gasteiger partial charge in [-0.2, -0.15) is 0 Å². The molecule has 0 atom stereocenters. The third kappa shape index (κ3) is 5.14. The quantitative estimate of drug-likeness (QED) is 0.411. The molecule has 158 valence electrons. The molecular formula is C21H36N4O2S. The van der Waals surface area contributed by atoms with Crippen LogP contribution in [0.5, 0.6) is 5.75 Å². The number of hydrogen-bond acceptors (Lipinski definition) is 5. The Balaban J connectivity index is 0.00000280. The fourth-order valence-electron chi connectivity index (χ4n) is 3.69. The Morgan fingerprint density at radius 3 is 2.21 bits per heavy atom. The fourth-order valence-corrected chi connectivity index (χ4v) is 4.86. The number of thiol groups is 1. The van der Waals surface area contributed by atoms with Gasteiger partial charge in [0.25, 0.3) is 0 Å². The number of hydrazine groups is 1. The Morgan fingerprint density at radius 1 is 1.07 bits per heavy atom. The molecule has 0 aliphatic carbocycles. The number of nitrogens with zero attached hydrogens (tertiary/aromatic N) is 2. The van der Waals surface area contributed by atoms with Crippen molar-refractivity contribution in [1.29, 1.82) is 0 Å². The minimum absolute atomic E-state index is 0. The molecule has 0 saturated carbocycles. The smallest absolute Gasteiger partial charge is 0.227 e. The zero-order valence-corrected chi connectivity index (χ0v) is 18.9. The lowest BCUT2D eigenvalue weighted by Crippen LogP contribution is -2.49. The SMILES string of the molecule is CC(C)(C)Cc1c([SH+]C(C)(C)C)[nH]c2c(N3CCN(N)CC3)c(O)ccc12.[OH-]. The predicted octanol–water partition coefficient (Wildman–Crippen LogP) is 3.25. The van der Waals surface area contributed by atoms with E-state index in [-0.39, 0.29) is 15.6 Å². The van der Waals surface area contributed by atoms with Crippen LogP contribution in [0.2, 0.25) is 0 Å². The Kier molecular flexibility index (Phi) is 6.65. The molecule has 1 aliphatic rings. The van der Waals surface area contributed by atoms with Crippen LogP contribution in [0.3, 0.4) is 0 Å². The number of phenols is 1. The molecule has 0 spiro atoms. The Morgan fingerprint density at radius 2 is 1.68 bits per heavy atom. The molecular weight excluding hydrogens is 372 g/mol. The second-order valence-corrected chi connectivity index (χ2v) is 11.9. The normalized spacial score (nSPS) is 16.5. The highest BCUT2D eigenvalue weighted by Crippen LogP contribution is 2.41. The zero-order chi connectivity index (χ0) is 20.0. The van der Waals surface area contributed by atoms with Crippen LogP contribution in [-0.4, -0.2) is 51.5 Å². The van der Waals surface area contributed by atoms with Crippen LogP contribution in [-0.2, 0) is 18.2 Å². The van der Waals surface area contributed by atoms with Gasteiger partial charge in [-0.05, 0) is 44.7 Å². The summed E-state index contributed by atoms with van der Waals surface area (Å²) in [6.07, 6.45) is 1.01. The number of aromatic nitrogens is 1. The summed E-state index contributed by atoms with van der Waals surface area (Å²) < 4.78 is 0.168. The lowest BCUT2D eigenvalue weighted by atomic mass is 9.88. The number of nitrogens with two attached hydrogens (primary N) is 1. The lowest BCUT2D eigenvalue weighted by Gasteiger charge is -2.34. The number of nitrogens with one attached hydrogen (secondary N) is 1. The first kappa shape index (κ1) is 22.9. The fraction of sp³-hybridized carbons (Fsp3) is 0.619. The summed E-state index contributed by atoms with van der Waals surface area (Å²) in [6.45, 7) is 16.9. The zero-order valence-electron chi connectivity index (χ0n) is 18.0. The van der Waals surface area contributed by atoms with Crippen molar-refractivity contribution in [3.8, 4) is 5.75 Å². The molecule has 2 heterocycles. The number of anilines is 1. The van der Waals surface area contributed by atoms with Gasteiger partial charge in [-0.25, -0.2) is 5.01 Å². The molecule has 1 aromatic carbocycles. The van der Waals surface area contributed by atoms with E-state index in [0.717, 1.165) is 43.8 Å². The van der Waals surface area contributed by atoms with Crippen molar-refractivity contribution in [3.05, 3.63) is 17.7 Å². The van der Waals surface area contributed by atoms with Gasteiger partial charge in [-0.1, -0.05) is 20.8 Å². The van der Waals surface area contributed by atoms with Crippen LogP contribution in [0.4, 0.5) is 5.69 Å².